The molecule has 0 radical (unpaired) electrons. The van der Waals surface area contributed by atoms with Crippen molar-refractivity contribution in [3.05, 3.63) is 28.8 Å². The maximum Gasteiger partial charge on any atom is 0.0410 e. The fourth-order valence-corrected chi connectivity index (χ4v) is 2.23. The van der Waals surface area contributed by atoms with Gasteiger partial charge in [0.25, 0.3) is 0 Å². The molecule has 3 heteroatoms. The molecule has 0 heterocycles. The predicted octanol–water partition coefficient (Wildman–Crippen LogP) is 4.24. The van der Waals surface area contributed by atoms with Crippen LogP contribution in [0.2, 0.25) is 5.02 Å². The maximum atomic E-state index is 6.14. The van der Waals surface area contributed by atoms with E-state index >= 15 is 0 Å². The van der Waals surface area contributed by atoms with Crippen molar-refractivity contribution in [1.82, 2.24) is 0 Å². The van der Waals surface area contributed by atoms with Crippen molar-refractivity contribution >= 4 is 17.3 Å². The van der Waals surface area contributed by atoms with Crippen LogP contribution in [-0.2, 0) is 6.42 Å². The van der Waals surface area contributed by atoms with Gasteiger partial charge >= 0.3 is 0 Å². The average molecular weight is 283 g/mol. The van der Waals surface area contributed by atoms with Crippen LogP contribution in [0.5, 0.6) is 0 Å². The Hall–Kier alpha value is -0.730. The highest BCUT2D eigenvalue weighted by Gasteiger charge is 2.23. The van der Waals surface area contributed by atoms with Gasteiger partial charge in [-0.25, -0.2) is 0 Å². The third-order valence-electron chi connectivity index (χ3n) is 4.18. The summed E-state index contributed by atoms with van der Waals surface area (Å²) >= 11 is 6.14. The number of nitrogens with two attached hydrogens (primary N) is 1. The molecule has 1 atom stereocenters. The molecule has 1 aromatic rings. The Morgan fingerprint density at radius 2 is 1.95 bits per heavy atom. The molecule has 0 aliphatic carbocycles. The minimum atomic E-state index is 0.124. The molecule has 0 saturated heterocycles. The minimum absolute atomic E-state index is 0.124. The fourth-order valence-electron chi connectivity index (χ4n) is 2.03. The summed E-state index contributed by atoms with van der Waals surface area (Å²) in [6.07, 6.45) is 2.94. The van der Waals surface area contributed by atoms with E-state index in [9.17, 15) is 0 Å². The SMILES string of the molecule is CCC(N)Cc1cc(Cl)ccc1N(C)C(C)(C)CC. The van der Waals surface area contributed by atoms with Gasteiger partial charge < -0.3 is 10.6 Å². The van der Waals surface area contributed by atoms with E-state index < -0.39 is 0 Å². The van der Waals surface area contributed by atoms with E-state index in [-0.39, 0.29) is 11.6 Å². The first-order valence-electron chi connectivity index (χ1n) is 7.09. The van der Waals surface area contributed by atoms with Crippen molar-refractivity contribution in [2.45, 2.75) is 58.5 Å². The quantitative estimate of drug-likeness (QED) is 0.845. The molecule has 1 rings (SSSR count). The highest BCUT2D eigenvalue weighted by atomic mass is 35.5. The summed E-state index contributed by atoms with van der Waals surface area (Å²) in [5.74, 6) is 0. The second-order valence-electron chi connectivity index (χ2n) is 5.87. The van der Waals surface area contributed by atoms with Crippen molar-refractivity contribution in [3.63, 3.8) is 0 Å². The van der Waals surface area contributed by atoms with Gasteiger partial charge in [0.05, 0.1) is 0 Å². The molecule has 0 aliphatic rings. The third kappa shape index (κ3) is 4.12. The molecule has 108 valence electrons. The lowest BCUT2D eigenvalue weighted by molar-refractivity contribution is 0.469. The standard InChI is InChI=1S/C16H27ClN2/c1-6-14(18)11-12-10-13(17)8-9-15(12)19(5)16(3,4)7-2/h8-10,14H,6-7,11,18H2,1-5H3. The Kier molecular flexibility index (Phi) is 5.69. The fraction of sp³-hybridized carbons (Fsp3) is 0.625. The molecular formula is C16H27ClN2. The number of hydrogen-bond acceptors (Lipinski definition) is 2. The van der Waals surface area contributed by atoms with Crippen LogP contribution >= 0.6 is 11.6 Å². The Balaban J connectivity index is 3.12. The molecule has 1 unspecified atom stereocenters. The zero-order chi connectivity index (χ0) is 14.6. The highest BCUT2D eigenvalue weighted by Crippen LogP contribution is 2.30. The monoisotopic (exact) mass is 282 g/mol. The van der Waals surface area contributed by atoms with Crippen LogP contribution in [0.15, 0.2) is 18.2 Å². The van der Waals surface area contributed by atoms with Gasteiger partial charge in [-0.1, -0.05) is 25.4 Å². The number of benzene rings is 1. The molecule has 0 spiro atoms. The summed E-state index contributed by atoms with van der Waals surface area (Å²) in [6, 6.07) is 6.31. The normalized spacial score (nSPS) is 13.4. The van der Waals surface area contributed by atoms with Gasteiger partial charge in [0.2, 0.25) is 0 Å². The Morgan fingerprint density at radius 3 is 2.47 bits per heavy atom. The molecule has 0 aliphatic heterocycles. The number of anilines is 1. The number of nitrogens with zero attached hydrogens (tertiary/aromatic N) is 1. The van der Waals surface area contributed by atoms with E-state index in [0.717, 1.165) is 24.3 Å². The molecule has 0 amide bonds. The lowest BCUT2D eigenvalue weighted by Crippen LogP contribution is -2.41. The molecule has 1 aromatic carbocycles. The van der Waals surface area contributed by atoms with Crippen molar-refractivity contribution in [1.29, 1.82) is 0 Å². The van der Waals surface area contributed by atoms with Gasteiger partial charge in [0, 0.05) is 29.3 Å². The summed E-state index contributed by atoms with van der Waals surface area (Å²) in [5.41, 5.74) is 8.71. The lowest BCUT2D eigenvalue weighted by Gasteiger charge is -2.38. The van der Waals surface area contributed by atoms with Crippen LogP contribution in [0, 0.1) is 0 Å². The van der Waals surface area contributed by atoms with Gasteiger partial charge in [0.15, 0.2) is 0 Å². The molecular weight excluding hydrogens is 256 g/mol. The molecule has 0 fully saturated rings. The zero-order valence-electron chi connectivity index (χ0n) is 12.8. The molecule has 0 saturated carbocycles. The van der Waals surface area contributed by atoms with E-state index in [1.165, 1.54) is 11.3 Å². The number of hydrogen-bond donors (Lipinski definition) is 1. The Labute approximate surface area is 122 Å². The first-order chi connectivity index (χ1) is 8.81. The van der Waals surface area contributed by atoms with Gasteiger partial charge in [-0.3, -0.25) is 0 Å². The van der Waals surface area contributed by atoms with Crippen LogP contribution in [0.3, 0.4) is 0 Å². The van der Waals surface area contributed by atoms with E-state index in [1.807, 2.05) is 6.07 Å². The Bertz CT molecular complexity index is 415. The van der Waals surface area contributed by atoms with Crippen LogP contribution in [0.4, 0.5) is 5.69 Å². The van der Waals surface area contributed by atoms with Crippen molar-refractivity contribution in [2.24, 2.45) is 5.73 Å². The summed E-state index contributed by atoms with van der Waals surface area (Å²) < 4.78 is 0. The van der Waals surface area contributed by atoms with E-state index in [2.05, 4.69) is 51.8 Å². The van der Waals surface area contributed by atoms with Crippen LogP contribution in [-0.4, -0.2) is 18.6 Å². The van der Waals surface area contributed by atoms with Gasteiger partial charge in [0.1, 0.15) is 0 Å². The second kappa shape index (κ2) is 6.62. The van der Waals surface area contributed by atoms with Crippen LogP contribution < -0.4 is 10.6 Å². The summed E-state index contributed by atoms with van der Waals surface area (Å²) in [4.78, 5) is 2.33. The van der Waals surface area contributed by atoms with E-state index in [1.54, 1.807) is 0 Å². The second-order valence-corrected chi connectivity index (χ2v) is 6.31. The van der Waals surface area contributed by atoms with E-state index in [0.29, 0.717) is 0 Å². The molecule has 2 N–H and O–H groups in total. The van der Waals surface area contributed by atoms with Crippen LogP contribution in [0.1, 0.15) is 46.1 Å². The predicted molar refractivity (Wildman–Crippen MR) is 86.2 cm³/mol. The van der Waals surface area contributed by atoms with Crippen LogP contribution in [0.25, 0.3) is 0 Å². The lowest BCUT2D eigenvalue weighted by atomic mass is 9.96. The molecule has 0 bridgehead atoms. The number of rotatable bonds is 6. The zero-order valence-corrected chi connectivity index (χ0v) is 13.6. The highest BCUT2D eigenvalue weighted by molar-refractivity contribution is 6.30. The molecule has 0 aromatic heterocycles. The summed E-state index contributed by atoms with van der Waals surface area (Å²) in [7, 11) is 2.15. The van der Waals surface area contributed by atoms with Crippen molar-refractivity contribution in [3.8, 4) is 0 Å². The van der Waals surface area contributed by atoms with Gasteiger partial charge in [-0.2, -0.15) is 0 Å². The molecule has 2 nitrogen and oxygen atoms in total. The van der Waals surface area contributed by atoms with E-state index in [4.69, 9.17) is 17.3 Å². The largest absolute Gasteiger partial charge is 0.369 e. The third-order valence-corrected chi connectivity index (χ3v) is 4.42. The maximum absolute atomic E-state index is 6.14. The minimum Gasteiger partial charge on any atom is -0.369 e. The smallest absolute Gasteiger partial charge is 0.0410 e. The van der Waals surface area contributed by atoms with Gasteiger partial charge in [-0.05, 0) is 56.9 Å². The van der Waals surface area contributed by atoms with Gasteiger partial charge in [-0.15, -0.1) is 0 Å². The summed E-state index contributed by atoms with van der Waals surface area (Å²) in [5, 5.41) is 0.782. The average Bonchev–Trinajstić information content (AvgIpc) is 2.38. The Morgan fingerprint density at radius 1 is 1.32 bits per heavy atom. The first-order valence-corrected chi connectivity index (χ1v) is 7.47. The summed E-state index contributed by atoms with van der Waals surface area (Å²) in [6.45, 7) is 8.84. The van der Waals surface area contributed by atoms with Crippen molar-refractivity contribution < 1.29 is 0 Å². The van der Waals surface area contributed by atoms with Crippen molar-refractivity contribution in [2.75, 3.05) is 11.9 Å². The molecule has 19 heavy (non-hydrogen) atoms. The first kappa shape index (κ1) is 16.3. The topological polar surface area (TPSA) is 29.3 Å². The number of halogens is 1.